The van der Waals surface area contributed by atoms with Crippen LogP contribution in [0.3, 0.4) is 0 Å². The molecular weight excluding hydrogens is 402 g/mol. The molecule has 158 valence electrons. The van der Waals surface area contributed by atoms with Gasteiger partial charge in [0.15, 0.2) is 0 Å². The van der Waals surface area contributed by atoms with Gasteiger partial charge in [0.2, 0.25) is 21.8 Å². The molecule has 1 saturated heterocycles. The molecule has 3 aromatic rings. The fraction of sp³-hybridized carbons (Fsp3) is 0.364. The molecule has 1 fully saturated rings. The van der Waals surface area contributed by atoms with Crippen LogP contribution >= 0.6 is 0 Å². The van der Waals surface area contributed by atoms with Gasteiger partial charge in [-0.2, -0.15) is 4.31 Å². The fourth-order valence-corrected chi connectivity index (χ4v) is 5.38. The SMILES string of the molecule is COc1ccc(S(=O)(=O)N2CCC(c3nnc(-c4ccccc4C)o3)CC2)cc1C. The zero-order valence-corrected chi connectivity index (χ0v) is 18.1. The molecule has 0 saturated carbocycles. The molecule has 30 heavy (non-hydrogen) atoms. The monoisotopic (exact) mass is 427 g/mol. The lowest BCUT2D eigenvalue weighted by molar-refractivity contribution is 0.291. The summed E-state index contributed by atoms with van der Waals surface area (Å²) in [5.41, 5.74) is 2.79. The smallest absolute Gasteiger partial charge is 0.248 e. The largest absolute Gasteiger partial charge is 0.496 e. The Hall–Kier alpha value is -2.71. The van der Waals surface area contributed by atoms with Crippen molar-refractivity contribution in [3.05, 3.63) is 59.5 Å². The van der Waals surface area contributed by atoms with Crippen molar-refractivity contribution in [3.63, 3.8) is 0 Å². The predicted octanol–water partition coefficient (Wildman–Crippen LogP) is 3.93. The summed E-state index contributed by atoms with van der Waals surface area (Å²) in [6.45, 7) is 4.68. The third kappa shape index (κ3) is 3.85. The number of benzene rings is 2. The van der Waals surface area contributed by atoms with Crippen LogP contribution in [0.15, 0.2) is 51.8 Å². The number of hydrogen-bond donors (Lipinski definition) is 0. The van der Waals surface area contributed by atoms with Gasteiger partial charge in [-0.3, -0.25) is 0 Å². The zero-order chi connectivity index (χ0) is 21.3. The van der Waals surface area contributed by atoms with E-state index >= 15 is 0 Å². The average molecular weight is 428 g/mol. The maximum Gasteiger partial charge on any atom is 0.248 e. The van der Waals surface area contributed by atoms with Crippen molar-refractivity contribution in [2.45, 2.75) is 37.5 Å². The molecule has 2 aromatic carbocycles. The van der Waals surface area contributed by atoms with E-state index in [1.54, 1.807) is 25.3 Å². The van der Waals surface area contributed by atoms with Gasteiger partial charge < -0.3 is 9.15 Å². The van der Waals surface area contributed by atoms with E-state index in [4.69, 9.17) is 9.15 Å². The van der Waals surface area contributed by atoms with E-state index in [-0.39, 0.29) is 5.92 Å². The van der Waals surface area contributed by atoms with Gasteiger partial charge in [-0.25, -0.2) is 8.42 Å². The second-order valence-corrected chi connectivity index (χ2v) is 9.51. The molecule has 0 aliphatic carbocycles. The number of methoxy groups -OCH3 is 1. The van der Waals surface area contributed by atoms with Crippen molar-refractivity contribution in [2.24, 2.45) is 0 Å². The lowest BCUT2D eigenvalue weighted by atomic mass is 9.98. The Bertz CT molecular complexity index is 1150. The second-order valence-electron chi connectivity index (χ2n) is 7.57. The molecule has 0 radical (unpaired) electrons. The van der Waals surface area contributed by atoms with Crippen molar-refractivity contribution in [1.82, 2.24) is 14.5 Å². The van der Waals surface area contributed by atoms with E-state index in [0.29, 0.717) is 48.4 Å². The quantitative estimate of drug-likeness (QED) is 0.613. The highest BCUT2D eigenvalue weighted by molar-refractivity contribution is 7.89. The molecule has 1 aromatic heterocycles. The molecule has 0 amide bonds. The van der Waals surface area contributed by atoms with Crippen LogP contribution in [-0.2, 0) is 10.0 Å². The standard InChI is InChI=1S/C22H25N3O4S/c1-15-6-4-5-7-19(15)22-24-23-21(29-22)17-10-12-25(13-11-17)30(26,27)18-8-9-20(28-3)16(2)14-18/h4-9,14,17H,10-13H2,1-3H3. The first kappa shape index (κ1) is 20.6. The van der Waals surface area contributed by atoms with Gasteiger partial charge in [-0.05, 0) is 62.1 Å². The van der Waals surface area contributed by atoms with Crippen LogP contribution in [0.2, 0.25) is 0 Å². The highest BCUT2D eigenvalue weighted by Gasteiger charge is 2.32. The number of rotatable bonds is 5. The van der Waals surface area contributed by atoms with Crippen LogP contribution in [0.25, 0.3) is 11.5 Å². The highest BCUT2D eigenvalue weighted by Crippen LogP contribution is 2.33. The number of piperidine rings is 1. The number of ether oxygens (including phenoxy) is 1. The molecule has 0 bridgehead atoms. The molecule has 0 N–H and O–H groups in total. The van der Waals surface area contributed by atoms with Gasteiger partial charge >= 0.3 is 0 Å². The van der Waals surface area contributed by atoms with Crippen molar-refractivity contribution in [3.8, 4) is 17.2 Å². The van der Waals surface area contributed by atoms with Gasteiger partial charge in [0.1, 0.15) is 5.75 Å². The number of nitrogens with zero attached hydrogens (tertiary/aromatic N) is 3. The predicted molar refractivity (Wildman–Crippen MR) is 113 cm³/mol. The third-order valence-electron chi connectivity index (χ3n) is 5.62. The first-order chi connectivity index (χ1) is 14.4. The van der Waals surface area contributed by atoms with Crippen LogP contribution in [-0.4, -0.2) is 43.1 Å². The van der Waals surface area contributed by atoms with E-state index < -0.39 is 10.0 Å². The maximum absolute atomic E-state index is 13.0. The molecule has 0 atom stereocenters. The normalized spacial score (nSPS) is 16.0. The molecule has 7 nitrogen and oxygen atoms in total. The Morgan fingerprint density at radius 1 is 1.03 bits per heavy atom. The van der Waals surface area contributed by atoms with Crippen LogP contribution in [0.4, 0.5) is 0 Å². The van der Waals surface area contributed by atoms with Crippen molar-refractivity contribution in [1.29, 1.82) is 0 Å². The summed E-state index contributed by atoms with van der Waals surface area (Å²) in [4.78, 5) is 0.291. The van der Waals surface area contributed by atoms with Crippen molar-refractivity contribution < 1.29 is 17.6 Å². The lowest BCUT2D eigenvalue weighted by Crippen LogP contribution is -2.38. The summed E-state index contributed by atoms with van der Waals surface area (Å²) < 4.78 is 38.8. The Morgan fingerprint density at radius 3 is 2.43 bits per heavy atom. The maximum atomic E-state index is 13.0. The molecule has 2 heterocycles. The van der Waals surface area contributed by atoms with Crippen LogP contribution in [0.5, 0.6) is 5.75 Å². The van der Waals surface area contributed by atoms with Gasteiger partial charge in [-0.15, -0.1) is 10.2 Å². The van der Waals surface area contributed by atoms with Crippen molar-refractivity contribution in [2.75, 3.05) is 20.2 Å². The summed E-state index contributed by atoms with van der Waals surface area (Å²) in [7, 11) is -1.97. The number of aromatic nitrogens is 2. The Labute approximate surface area is 176 Å². The second kappa shape index (κ2) is 8.20. The minimum Gasteiger partial charge on any atom is -0.496 e. The Morgan fingerprint density at radius 2 is 1.77 bits per heavy atom. The third-order valence-corrected chi connectivity index (χ3v) is 7.52. The Kier molecular flexibility index (Phi) is 5.62. The van der Waals surface area contributed by atoms with Gasteiger partial charge in [0, 0.05) is 24.6 Å². The minimum atomic E-state index is -3.55. The topological polar surface area (TPSA) is 85.5 Å². The minimum absolute atomic E-state index is 0.0549. The van der Waals surface area contributed by atoms with Crippen LogP contribution in [0, 0.1) is 13.8 Å². The molecule has 1 aliphatic rings. The van der Waals surface area contributed by atoms with Crippen molar-refractivity contribution >= 4 is 10.0 Å². The van der Waals surface area contributed by atoms with E-state index in [2.05, 4.69) is 10.2 Å². The van der Waals surface area contributed by atoms with E-state index in [1.165, 1.54) is 4.31 Å². The van der Waals surface area contributed by atoms with E-state index in [1.807, 2.05) is 38.1 Å². The molecule has 1 aliphatic heterocycles. The van der Waals surface area contributed by atoms with Crippen LogP contribution in [0.1, 0.15) is 35.8 Å². The summed E-state index contributed by atoms with van der Waals surface area (Å²) in [5.74, 6) is 1.81. The lowest BCUT2D eigenvalue weighted by Gasteiger charge is -2.29. The van der Waals surface area contributed by atoms with Gasteiger partial charge in [-0.1, -0.05) is 18.2 Å². The highest BCUT2D eigenvalue weighted by atomic mass is 32.2. The zero-order valence-electron chi connectivity index (χ0n) is 17.3. The van der Waals surface area contributed by atoms with Crippen LogP contribution < -0.4 is 4.74 Å². The number of hydrogen-bond acceptors (Lipinski definition) is 6. The summed E-state index contributed by atoms with van der Waals surface area (Å²) >= 11 is 0. The summed E-state index contributed by atoms with van der Waals surface area (Å²) in [6.07, 6.45) is 1.29. The number of sulfonamides is 1. The first-order valence-electron chi connectivity index (χ1n) is 9.94. The molecule has 0 spiro atoms. The van der Waals surface area contributed by atoms with E-state index in [0.717, 1.165) is 16.7 Å². The van der Waals surface area contributed by atoms with E-state index in [9.17, 15) is 8.42 Å². The first-order valence-corrected chi connectivity index (χ1v) is 11.4. The molecular formula is C22H25N3O4S. The molecule has 4 rings (SSSR count). The van der Waals surface area contributed by atoms with Gasteiger partial charge in [0.05, 0.1) is 12.0 Å². The Balaban J connectivity index is 1.46. The fourth-order valence-electron chi connectivity index (χ4n) is 3.82. The molecule has 8 heteroatoms. The summed E-state index contributed by atoms with van der Waals surface area (Å²) in [5, 5.41) is 8.44. The average Bonchev–Trinajstić information content (AvgIpc) is 3.24. The van der Waals surface area contributed by atoms with Gasteiger partial charge in [0.25, 0.3) is 0 Å². The summed E-state index contributed by atoms with van der Waals surface area (Å²) in [6, 6.07) is 12.8. The number of aryl methyl sites for hydroxylation is 2. The molecule has 0 unspecified atom stereocenters.